The molecule has 1 fully saturated rings. The molecule has 2 aliphatic heterocycles. The largest absolute Gasteiger partial charge is 0.454 e. The van der Waals surface area contributed by atoms with Crippen molar-refractivity contribution >= 4 is 11.6 Å². The van der Waals surface area contributed by atoms with Crippen LogP contribution in [0.2, 0.25) is 0 Å². The third-order valence-corrected chi connectivity index (χ3v) is 3.45. The second-order valence-electron chi connectivity index (χ2n) is 4.51. The minimum atomic E-state index is -0.0795. The highest BCUT2D eigenvalue weighted by molar-refractivity contribution is 5.98. The van der Waals surface area contributed by atoms with Gasteiger partial charge < -0.3 is 19.7 Å². The summed E-state index contributed by atoms with van der Waals surface area (Å²) in [6, 6.07) is 5.56. The van der Waals surface area contributed by atoms with Crippen LogP contribution in [-0.2, 0) is 4.79 Å². The van der Waals surface area contributed by atoms with Crippen molar-refractivity contribution in [2.24, 2.45) is 0 Å². The third kappa shape index (κ3) is 1.80. The normalized spacial score (nSPS) is 22.4. The summed E-state index contributed by atoms with van der Waals surface area (Å²) in [5.74, 6) is 1.59. The molecule has 5 heteroatoms. The van der Waals surface area contributed by atoms with E-state index < -0.39 is 0 Å². The molecule has 3 rings (SSSR count). The fourth-order valence-electron chi connectivity index (χ4n) is 2.45. The highest BCUT2D eigenvalue weighted by Gasteiger charge is 2.29. The molecular formula is C13H16N2O3. The Balaban J connectivity index is 1.87. The summed E-state index contributed by atoms with van der Waals surface area (Å²) in [6.07, 6.45) is 1.90. The summed E-state index contributed by atoms with van der Waals surface area (Å²) in [5, 5.41) is 3.06. The van der Waals surface area contributed by atoms with Crippen LogP contribution >= 0.6 is 0 Å². The van der Waals surface area contributed by atoms with E-state index in [9.17, 15) is 4.79 Å². The quantitative estimate of drug-likeness (QED) is 0.852. The van der Waals surface area contributed by atoms with E-state index in [0.717, 1.165) is 30.8 Å². The SMILES string of the molecule is CNC1CCCN(c2ccc3c(c2)OCO3)C1=O. The summed E-state index contributed by atoms with van der Waals surface area (Å²) in [4.78, 5) is 14.1. The van der Waals surface area contributed by atoms with Crippen molar-refractivity contribution in [1.82, 2.24) is 5.32 Å². The Morgan fingerprint density at radius 3 is 3.00 bits per heavy atom. The van der Waals surface area contributed by atoms with Gasteiger partial charge in [0.25, 0.3) is 0 Å². The highest BCUT2D eigenvalue weighted by atomic mass is 16.7. The number of anilines is 1. The number of carbonyl (C=O) groups excluding carboxylic acids is 1. The molecule has 2 heterocycles. The van der Waals surface area contributed by atoms with E-state index in [1.807, 2.05) is 30.1 Å². The molecule has 96 valence electrons. The van der Waals surface area contributed by atoms with E-state index in [1.165, 1.54) is 0 Å². The van der Waals surface area contributed by atoms with E-state index in [1.54, 1.807) is 0 Å². The zero-order valence-corrected chi connectivity index (χ0v) is 10.3. The van der Waals surface area contributed by atoms with Crippen molar-refractivity contribution in [2.75, 3.05) is 25.3 Å². The van der Waals surface area contributed by atoms with Gasteiger partial charge >= 0.3 is 0 Å². The number of amides is 1. The lowest BCUT2D eigenvalue weighted by Crippen LogP contribution is -2.49. The molecule has 5 nitrogen and oxygen atoms in total. The van der Waals surface area contributed by atoms with Gasteiger partial charge in [-0.05, 0) is 32.0 Å². The summed E-state index contributed by atoms with van der Waals surface area (Å²) in [5.41, 5.74) is 0.879. The van der Waals surface area contributed by atoms with Crippen LogP contribution in [0.25, 0.3) is 0 Å². The molecule has 0 saturated carbocycles. The van der Waals surface area contributed by atoms with Gasteiger partial charge in [0.05, 0.1) is 6.04 Å². The molecule has 0 radical (unpaired) electrons. The van der Waals surface area contributed by atoms with Crippen LogP contribution in [0.5, 0.6) is 11.5 Å². The molecule has 0 bridgehead atoms. The average molecular weight is 248 g/mol. The first-order chi connectivity index (χ1) is 8.79. The van der Waals surface area contributed by atoms with Gasteiger partial charge in [0.1, 0.15) is 0 Å². The number of rotatable bonds is 2. The first-order valence-electron chi connectivity index (χ1n) is 6.18. The van der Waals surface area contributed by atoms with Gasteiger partial charge in [-0.1, -0.05) is 0 Å². The number of nitrogens with one attached hydrogen (secondary N) is 1. The lowest BCUT2D eigenvalue weighted by atomic mass is 10.0. The molecule has 2 aliphatic rings. The van der Waals surface area contributed by atoms with Gasteiger partial charge in [-0.25, -0.2) is 0 Å². The Morgan fingerprint density at radius 1 is 1.33 bits per heavy atom. The van der Waals surface area contributed by atoms with Crippen molar-refractivity contribution in [3.8, 4) is 11.5 Å². The van der Waals surface area contributed by atoms with E-state index in [-0.39, 0.29) is 18.7 Å². The minimum Gasteiger partial charge on any atom is -0.454 e. The smallest absolute Gasteiger partial charge is 0.244 e. The maximum Gasteiger partial charge on any atom is 0.244 e. The van der Waals surface area contributed by atoms with Gasteiger partial charge in [0.15, 0.2) is 11.5 Å². The number of fused-ring (bicyclic) bond motifs is 1. The molecule has 1 atom stereocenters. The second-order valence-corrected chi connectivity index (χ2v) is 4.51. The van der Waals surface area contributed by atoms with E-state index in [0.29, 0.717) is 5.75 Å². The Labute approximate surface area is 106 Å². The fourth-order valence-corrected chi connectivity index (χ4v) is 2.45. The van der Waals surface area contributed by atoms with Gasteiger partial charge in [0, 0.05) is 18.3 Å². The second kappa shape index (κ2) is 4.49. The number of likely N-dealkylation sites (N-methyl/N-ethyl adjacent to an activating group) is 1. The number of hydrogen-bond donors (Lipinski definition) is 1. The van der Waals surface area contributed by atoms with Gasteiger partial charge in [-0.2, -0.15) is 0 Å². The molecule has 0 aliphatic carbocycles. The topological polar surface area (TPSA) is 50.8 Å². The van der Waals surface area contributed by atoms with Crippen LogP contribution < -0.4 is 19.7 Å². The summed E-state index contributed by atoms with van der Waals surface area (Å²) in [6.45, 7) is 1.02. The maximum absolute atomic E-state index is 12.2. The van der Waals surface area contributed by atoms with E-state index >= 15 is 0 Å². The summed E-state index contributed by atoms with van der Waals surface area (Å²) >= 11 is 0. The molecule has 1 aromatic rings. The predicted molar refractivity (Wildman–Crippen MR) is 67.0 cm³/mol. The van der Waals surface area contributed by atoms with Crippen LogP contribution in [0, 0.1) is 0 Å². The molecule has 0 spiro atoms. The van der Waals surface area contributed by atoms with Crippen molar-refractivity contribution in [3.05, 3.63) is 18.2 Å². The van der Waals surface area contributed by atoms with Gasteiger partial charge in [-0.15, -0.1) is 0 Å². The van der Waals surface area contributed by atoms with Crippen LogP contribution in [-0.4, -0.2) is 32.3 Å². The standard InChI is InChI=1S/C13H16N2O3/c1-14-10-3-2-6-15(13(10)16)9-4-5-11-12(7-9)18-8-17-11/h4-5,7,10,14H,2-3,6,8H2,1H3. The van der Waals surface area contributed by atoms with E-state index in [4.69, 9.17) is 9.47 Å². The van der Waals surface area contributed by atoms with Crippen LogP contribution in [0.4, 0.5) is 5.69 Å². The molecular weight excluding hydrogens is 232 g/mol. The summed E-state index contributed by atoms with van der Waals surface area (Å²) < 4.78 is 10.6. The number of benzene rings is 1. The monoisotopic (exact) mass is 248 g/mol. The molecule has 1 unspecified atom stereocenters. The van der Waals surface area contributed by atoms with Crippen LogP contribution in [0.3, 0.4) is 0 Å². The molecule has 1 amide bonds. The lowest BCUT2D eigenvalue weighted by molar-refractivity contribution is -0.121. The Hall–Kier alpha value is -1.75. The molecule has 0 aromatic heterocycles. The van der Waals surface area contributed by atoms with E-state index in [2.05, 4.69) is 5.32 Å². The number of nitrogens with zero attached hydrogens (tertiary/aromatic N) is 1. The minimum absolute atomic E-state index is 0.0795. The Bertz CT molecular complexity index is 475. The first kappa shape index (κ1) is 11.3. The predicted octanol–water partition coefficient (Wildman–Crippen LogP) is 1.13. The fraction of sp³-hybridized carbons (Fsp3) is 0.462. The molecule has 1 aromatic carbocycles. The first-order valence-corrected chi connectivity index (χ1v) is 6.18. The molecule has 1 saturated heterocycles. The Morgan fingerprint density at radius 2 is 2.17 bits per heavy atom. The van der Waals surface area contributed by atoms with Crippen molar-refractivity contribution in [3.63, 3.8) is 0 Å². The van der Waals surface area contributed by atoms with Crippen molar-refractivity contribution in [2.45, 2.75) is 18.9 Å². The Kier molecular flexibility index (Phi) is 2.83. The van der Waals surface area contributed by atoms with Crippen molar-refractivity contribution < 1.29 is 14.3 Å². The zero-order chi connectivity index (χ0) is 12.5. The molecule has 18 heavy (non-hydrogen) atoms. The third-order valence-electron chi connectivity index (χ3n) is 3.45. The zero-order valence-electron chi connectivity index (χ0n) is 10.3. The maximum atomic E-state index is 12.2. The van der Waals surface area contributed by atoms with Crippen molar-refractivity contribution in [1.29, 1.82) is 0 Å². The van der Waals surface area contributed by atoms with Crippen LogP contribution in [0.15, 0.2) is 18.2 Å². The number of hydrogen-bond acceptors (Lipinski definition) is 4. The lowest BCUT2D eigenvalue weighted by Gasteiger charge is -2.32. The molecule has 1 N–H and O–H groups in total. The average Bonchev–Trinajstić information content (AvgIpc) is 2.86. The number of carbonyl (C=O) groups is 1. The van der Waals surface area contributed by atoms with Gasteiger partial charge in [0.2, 0.25) is 12.7 Å². The summed E-state index contributed by atoms with van der Waals surface area (Å²) in [7, 11) is 1.83. The highest BCUT2D eigenvalue weighted by Crippen LogP contribution is 2.36. The number of piperidine rings is 1. The van der Waals surface area contributed by atoms with Crippen LogP contribution in [0.1, 0.15) is 12.8 Å². The number of ether oxygens (including phenoxy) is 2. The van der Waals surface area contributed by atoms with Gasteiger partial charge in [-0.3, -0.25) is 4.79 Å².